The number of aliphatic hydroxyl groups excluding tert-OH is 1. The third-order valence-electron chi connectivity index (χ3n) is 6.35. The molecule has 1 aromatic carbocycles. The van der Waals surface area contributed by atoms with E-state index in [-0.39, 0.29) is 33.9 Å². The molecule has 1 saturated heterocycles. The molecule has 0 unspecified atom stereocenters. The van der Waals surface area contributed by atoms with Gasteiger partial charge in [0.1, 0.15) is 12.2 Å². The van der Waals surface area contributed by atoms with Crippen LogP contribution in [0.15, 0.2) is 24.3 Å². The van der Waals surface area contributed by atoms with Gasteiger partial charge in [0.15, 0.2) is 11.5 Å². The van der Waals surface area contributed by atoms with E-state index < -0.39 is 6.10 Å². The quantitative estimate of drug-likeness (QED) is 0.473. The fourth-order valence-electron chi connectivity index (χ4n) is 5.39. The minimum atomic E-state index is -0.539. The molecule has 2 aliphatic heterocycles. The first kappa shape index (κ1) is 15.7. The van der Waals surface area contributed by atoms with Gasteiger partial charge < -0.3 is 19.5 Å². The molecule has 1 fully saturated rings. The van der Waals surface area contributed by atoms with Gasteiger partial charge in [0.2, 0.25) is 0 Å². The summed E-state index contributed by atoms with van der Waals surface area (Å²) < 4.78 is 11.8. The van der Waals surface area contributed by atoms with Crippen molar-refractivity contribution in [2.75, 3.05) is 20.7 Å². The van der Waals surface area contributed by atoms with Crippen LogP contribution in [0, 0.1) is 5.92 Å². The van der Waals surface area contributed by atoms with Gasteiger partial charge in [-0.15, -0.1) is 0 Å². The summed E-state index contributed by atoms with van der Waals surface area (Å²) in [6.07, 6.45) is 5.54. The van der Waals surface area contributed by atoms with Gasteiger partial charge in [-0.05, 0) is 38.1 Å². The molecular formula is C18H21AuNO3. The standard InChI is InChI=1S/C18H21NO3.Au/c1-19-8-7-18-11-4-5-13(20)17(18)22-16-14(21-2)6-3-10(15(16)18)9-12(11)19;/h3-6,11-13,17,20H,7-9H2,1-2H3;/t11-,12+,13-,17-,18-;/m0./s1. The Bertz CT molecular complexity index is 691. The van der Waals surface area contributed by atoms with Crippen molar-refractivity contribution in [1.82, 2.24) is 4.90 Å². The number of methoxy groups -OCH3 is 1. The zero-order valence-corrected chi connectivity index (χ0v) is 15.4. The van der Waals surface area contributed by atoms with E-state index in [4.69, 9.17) is 9.47 Å². The topological polar surface area (TPSA) is 41.9 Å². The molecule has 4 aliphatic rings. The summed E-state index contributed by atoms with van der Waals surface area (Å²) in [6.45, 7) is 1.05. The van der Waals surface area contributed by atoms with Crippen LogP contribution in [0.1, 0.15) is 17.5 Å². The molecule has 2 aliphatic carbocycles. The van der Waals surface area contributed by atoms with Crippen molar-refractivity contribution >= 4 is 0 Å². The van der Waals surface area contributed by atoms with Crippen molar-refractivity contribution in [2.24, 2.45) is 5.92 Å². The number of rotatable bonds is 1. The number of piperidine rings is 1. The molecule has 1 spiro atoms. The van der Waals surface area contributed by atoms with Crippen LogP contribution in [0.25, 0.3) is 0 Å². The Hall–Kier alpha value is -0.780. The van der Waals surface area contributed by atoms with Crippen LogP contribution < -0.4 is 9.47 Å². The molecule has 127 valence electrons. The summed E-state index contributed by atoms with van der Waals surface area (Å²) >= 11 is 0. The normalized spacial score (nSPS) is 39.3. The van der Waals surface area contributed by atoms with Crippen LogP contribution in [0.5, 0.6) is 11.5 Å². The summed E-state index contributed by atoms with van der Waals surface area (Å²) in [5, 5.41) is 10.6. The zero-order chi connectivity index (χ0) is 15.1. The second-order valence-corrected chi connectivity index (χ2v) is 7.11. The molecule has 0 aromatic heterocycles. The monoisotopic (exact) mass is 496 g/mol. The van der Waals surface area contributed by atoms with Crippen LogP contribution >= 0.6 is 0 Å². The van der Waals surface area contributed by atoms with Crippen molar-refractivity contribution < 1.29 is 37.0 Å². The van der Waals surface area contributed by atoms with E-state index in [9.17, 15) is 5.11 Å². The molecule has 5 atom stereocenters. The molecule has 5 heteroatoms. The average molecular weight is 496 g/mol. The van der Waals surface area contributed by atoms with Crippen molar-refractivity contribution in [3.8, 4) is 11.5 Å². The largest absolute Gasteiger partial charge is 0.493 e. The second kappa shape index (κ2) is 5.11. The van der Waals surface area contributed by atoms with E-state index in [0.717, 1.165) is 30.9 Å². The average Bonchev–Trinajstić information content (AvgIpc) is 2.88. The van der Waals surface area contributed by atoms with Gasteiger partial charge >= 0.3 is 0 Å². The predicted octanol–water partition coefficient (Wildman–Crippen LogP) is 1.50. The molecule has 0 saturated carbocycles. The number of aliphatic hydroxyl groups is 1. The van der Waals surface area contributed by atoms with Gasteiger partial charge in [0.05, 0.1) is 7.11 Å². The minimum absolute atomic E-state index is 0. The van der Waals surface area contributed by atoms with Gasteiger partial charge in [-0.2, -0.15) is 0 Å². The summed E-state index contributed by atoms with van der Waals surface area (Å²) in [5.74, 6) is 2.09. The van der Waals surface area contributed by atoms with Crippen molar-refractivity contribution in [1.29, 1.82) is 0 Å². The predicted molar refractivity (Wildman–Crippen MR) is 82.5 cm³/mol. The van der Waals surface area contributed by atoms with E-state index in [1.165, 1.54) is 11.1 Å². The molecule has 1 radical (unpaired) electrons. The maximum atomic E-state index is 10.6. The first-order valence-electron chi connectivity index (χ1n) is 8.10. The molecular weight excluding hydrogens is 475 g/mol. The summed E-state index contributed by atoms with van der Waals surface area (Å²) in [5.41, 5.74) is 2.60. The molecule has 5 rings (SSSR count). The van der Waals surface area contributed by atoms with Gasteiger partial charge in [-0.3, -0.25) is 0 Å². The Morgan fingerprint density at radius 3 is 2.96 bits per heavy atom. The van der Waals surface area contributed by atoms with Crippen molar-refractivity contribution in [3.63, 3.8) is 0 Å². The van der Waals surface area contributed by atoms with E-state index in [0.29, 0.717) is 12.0 Å². The number of hydrogen-bond acceptors (Lipinski definition) is 4. The van der Waals surface area contributed by atoms with E-state index >= 15 is 0 Å². The molecule has 1 N–H and O–H groups in total. The molecule has 2 bridgehead atoms. The number of nitrogens with zero attached hydrogens (tertiary/aromatic N) is 1. The Morgan fingerprint density at radius 1 is 1.35 bits per heavy atom. The molecule has 2 heterocycles. The van der Waals surface area contributed by atoms with Gasteiger partial charge in [-0.25, -0.2) is 0 Å². The van der Waals surface area contributed by atoms with Crippen molar-refractivity contribution in [3.05, 3.63) is 35.4 Å². The van der Waals surface area contributed by atoms with Crippen LogP contribution in [-0.2, 0) is 34.2 Å². The number of ether oxygens (including phenoxy) is 2. The number of benzene rings is 1. The van der Waals surface area contributed by atoms with Crippen LogP contribution in [0.2, 0.25) is 0 Å². The van der Waals surface area contributed by atoms with Gasteiger partial charge in [0.25, 0.3) is 0 Å². The first-order chi connectivity index (χ1) is 10.7. The Balaban J connectivity index is 0.00000135. The van der Waals surface area contributed by atoms with Crippen LogP contribution in [0.3, 0.4) is 0 Å². The maximum absolute atomic E-state index is 10.6. The van der Waals surface area contributed by atoms with E-state index in [2.05, 4.69) is 24.1 Å². The minimum Gasteiger partial charge on any atom is -0.493 e. The summed E-state index contributed by atoms with van der Waals surface area (Å²) in [4.78, 5) is 2.47. The molecule has 0 amide bonds. The number of hydrogen-bond donors (Lipinski definition) is 1. The number of likely N-dealkylation sites (N-methyl/N-ethyl adjacent to an activating group) is 1. The third kappa shape index (κ3) is 1.73. The van der Waals surface area contributed by atoms with Gasteiger partial charge in [0, 0.05) is 45.3 Å². The SMILES string of the molecule is COc1ccc2c3c1O[C@H]1[C@@H](O)C=C[C@H]4[C@@H](C2)N(C)CC[C@@]341.[Au]. The van der Waals surface area contributed by atoms with Gasteiger partial charge in [-0.1, -0.05) is 18.2 Å². The third-order valence-corrected chi connectivity index (χ3v) is 6.35. The molecule has 1 aromatic rings. The summed E-state index contributed by atoms with van der Waals surface area (Å²) in [7, 11) is 3.91. The fourth-order valence-corrected chi connectivity index (χ4v) is 5.39. The van der Waals surface area contributed by atoms with Crippen molar-refractivity contribution in [2.45, 2.75) is 36.5 Å². The Morgan fingerprint density at radius 2 is 2.17 bits per heavy atom. The van der Waals surface area contributed by atoms with E-state index in [1.54, 1.807) is 7.11 Å². The summed E-state index contributed by atoms with van der Waals surface area (Å²) in [6, 6.07) is 4.70. The zero-order valence-electron chi connectivity index (χ0n) is 13.3. The number of likely N-dealkylation sites (tertiary alicyclic amines) is 1. The molecule has 4 nitrogen and oxygen atoms in total. The first-order valence-corrected chi connectivity index (χ1v) is 8.10. The smallest absolute Gasteiger partial charge is 0.165 e. The molecule has 23 heavy (non-hydrogen) atoms. The fraction of sp³-hybridized carbons (Fsp3) is 0.556. The van der Waals surface area contributed by atoms with Crippen LogP contribution in [-0.4, -0.2) is 49.0 Å². The second-order valence-electron chi connectivity index (χ2n) is 7.11. The Labute approximate surface area is 152 Å². The Kier molecular flexibility index (Phi) is 3.49. The maximum Gasteiger partial charge on any atom is 0.165 e. The van der Waals surface area contributed by atoms with Crippen LogP contribution in [0.4, 0.5) is 0 Å². The van der Waals surface area contributed by atoms with E-state index in [1.807, 2.05) is 12.1 Å².